The van der Waals surface area contributed by atoms with Crippen molar-refractivity contribution in [2.75, 3.05) is 52.9 Å². The molecule has 10 heteroatoms. The lowest BCUT2D eigenvalue weighted by molar-refractivity contribution is 0.0475. The fourth-order valence-electron chi connectivity index (χ4n) is 7.14. The number of aryl methyl sites for hydroxylation is 1. The van der Waals surface area contributed by atoms with Crippen LogP contribution in [-0.2, 0) is 19.0 Å². The van der Waals surface area contributed by atoms with Gasteiger partial charge in [0.1, 0.15) is 23.1 Å². The summed E-state index contributed by atoms with van der Waals surface area (Å²) in [6.45, 7) is 2.31. The van der Waals surface area contributed by atoms with Crippen LogP contribution in [0.1, 0.15) is 35.7 Å². The van der Waals surface area contributed by atoms with Crippen LogP contribution in [0.4, 0.5) is 14.9 Å². The molecule has 3 heterocycles. The first kappa shape index (κ1) is 29.8. The summed E-state index contributed by atoms with van der Waals surface area (Å²) >= 11 is 0. The Kier molecular flexibility index (Phi) is 8.13. The van der Waals surface area contributed by atoms with Gasteiger partial charge in [-0.25, -0.2) is 9.18 Å². The summed E-state index contributed by atoms with van der Waals surface area (Å²) in [5, 5.41) is 14.9. The van der Waals surface area contributed by atoms with Crippen molar-refractivity contribution in [1.82, 2.24) is 14.4 Å². The predicted molar refractivity (Wildman–Crippen MR) is 167 cm³/mol. The van der Waals surface area contributed by atoms with E-state index in [0.717, 1.165) is 40.8 Å². The molecule has 2 amide bonds. The van der Waals surface area contributed by atoms with Crippen LogP contribution in [0.2, 0.25) is 0 Å². The molecule has 0 aliphatic carbocycles. The topological polar surface area (TPSA) is 88.4 Å². The van der Waals surface area contributed by atoms with Gasteiger partial charge in [-0.15, -0.1) is 0 Å². The number of methoxy groups -OCH3 is 3. The minimum atomic E-state index is -0.394. The molecular formula is C34H39FN4O5. The number of hydrogen-bond donors (Lipinski definition) is 2. The average molecular weight is 603 g/mol. The molecule has 2 aliphatic heterocycles. The second-order valence-corrected chi connectivity index (χ2v) is 11.7. The van der Waals surface area contributed by atoms with Gasteiger partial charge in [-0.3, -0.25) is 4.90 Å². The van der Waals surface area contributed by atoms with Gasteiger partial charge in [0.2, 0.25) is 0 Å². The average Bonchev–Trinajstić information content (AvgIpc) is 3.33. The Bertz CT molecular complexity index is 1660. The Morgan fingerprint density at radius 3 is 2.32 bits per heavy atom. The van der Waals surface area contributed by atoms with E-state index in [1.807, 2.05) is 24.3 Å². The van der Waals surface area contributed by atoms with Crippen LogP contribution in [0.5, 0.6) is 17.2 Å². The van der Waals surface area contributed by atoms with Gasteiger partial charge in [-0.2, -0.15) is 0 Å². The van der Waals surface area contributed by atoms with Crippen LogP contribution in [0.3, 0.4) is 0 Å². The molecule has 0 bridgehead atoms. The monoisotopic (exact) mass is 602 g/mol. The molecule has 232 valence electrons. The number of aromatic nitrogens is 1. The summed E-state index contributed by atoms with van der Waals surface area (Å²) in [5.74, 6) is 1.80. The van der Waals surface area contributed by atoms with Crippen LogP contribution >= 0.6 is 0 Å². The van der Waals surface area contributed by atoms with Gasteiger partial charge in [0.25, 0.3) is 0 Å². The third kappa shape index (κ3) is 5.33. The van der Waals surface area contributed by atoms with Gasteiger partial charge in [0.15, 0.2) is 0 Å². The molecule has 4 aromatic rings. The Morgan fingerprint density at radius 1 is 0.977 bits per heavy atom. The highest BCUT2D eigenvalue weighted by molar-refractivity contribution is 5.90. The Morgan fingerprint density at radius 2 is 1.68 bits per heavy atom. The number of carbonyl (C=O) groups is 1. The van der Waals surface area contributed by atoms with Crippen molar-refractivity contribution >= 4 is 22.6 Å². The van der Waals surface area contributed by atoms with E-state index in [1.54, 1.807) is 38.4 Å². The molecule has 1 spiro atoms. The molecule has 0 radical (unpaired) electrons. The van der Waals surface area contributed by atoms with Gasteiger partial charge in [-0.05, 0) is 66.4 Å². The maximum absolute atomic E-state index is 13.7. The highest BCUT2D eigenvalue weighted by Gasteiger charge is 2.48. The van der Waals surface area contributed by atoms with E-state index in [-0.39, 0.29) is 24.1 Å². The zero-order chi connectivity index (χ0) is 31.0. The summed E-state index contributed by atoms with van der Waals surface area (Å²) in [4.78, 5) is 17.4. The van der Waals surface area contributed by atoms with Gasteiger partial charge < -0.3 is 34.1 Å². The Hall–Kier alpha value is -4.28. The smallest absolute Gasteiger partial charge is 0.321 e. The SMILES string of the molecule is COc1cc(CN2CC3(CCN(C(=O)Nc4cccc(F)c4)CC3)c3c(n(C)c4cc(OC)ccc34)[C@H]2CO)cc(OC)c1. The van der Waals surface area contributed by atoms with Crippen LogP contribution in [0, 0.1) is 5.82 Å². The number of likely N-dealkylation sites (tertiary alicyclic amines) is 1. The number of aliphatic hydroxyl groups excluding tert-OH is 1. The number of amides is 2. The first-order valence-corrected chi connectivity index (χ1v) is 14.8. The lowest BCUT2D eigenvalue weighted by Crippen LogP contribution is -2.55. The first-order chi connectivity index (χ1) is 21.3. The second kappa shape index (κ2) is 12.0. The van der Waals surface area contributed by atoms with Gasteiger partial charge in [-0.1, -0.05) is 6.07 Å². The van der Waals surface area contributed by atoms with Crippen LogP contribution in [0.15, 0.2) is 60.7 Å². The molecule has 1 saturated heterocycles. The number of fused-ring (bicyclic) bond motifs is 4. The van der Waals surface area contributed by atoms with Crippen LogP contribution < -0.4 is 19.5 Å². The van der Waals surface area contributed by atoms with Crippen molar-refractivity contribution in [1.29, 1.82) is 0 Å². The fraction of sp³-hybridized carbons (Fsp3) is 0.382. The minimum Gasteiger partial charge on any atom is -0.497 e. The van der Waals surface area contributed by atoms with Crippen molar-refractivity contribution in [2.24, 2.45) is 7.05 Å². The highest BCUT2D eigenvalue weighted by Crippen LogP contribution is 2.50. The quantitative estimate of drug-likeness (QED) is 0.292. The Labute approximate surface area is 256 Å². The number of ether oxygens (including phenoxy) is 3. The maximum atomic E-state index is 13.7. The summed E-state index contributed by atoms with van der Waals surface area (Å²) in [5.41, 5.74) is 4.54. The molecule has 1 atom stereocenters. The number of urea groups is 1. The number of piperidine rings is 1. The van der Waals surface area contributed by atoms with Crippen LogP contribution in [-0.4, -0.2) is 73.1 Å². The maximum Gasteiger partial charge on any atom is 0.321 e. The predicted octanol–water partition coefficient (Wildman–Crippen LogP) is 5.46. The van der Waals surface area contributed by atoms with Gasteiger partial charge in [0.05, 0.1) is 39.5 Å². The summed E-state index contributed by atoms with van der Waals surface area (Å²) < 4.78 is 32.6. The van der Waals surface area contributed by atoms with Gasteiger partial charge in [0, 0.05) is 67.5 Å². The van der Waals surface area contributed by atoms with E-state index >= 15 is 0 Å². The second-order valence-electron chi connectivity index (χ2n) is 11.7. The molecule has 1 fully saturated rings. The van der Waals surface area contributed by atoms with E-state index in [0.29, 0.717) is 43.4 Å². The molecule has 0 unspecified atom stereocenters. The normalized spacial score (nSPS) is 17.9. The number of hydrogen-bond acceptors (Lipinski definition) is 6. The van der Waals surface area contributed by atoms with E-state index in [2.05, 4.69) is 34.0 Å². The summed E-state index contributed by atoms with van der Waals surface area (Å²) in [7, 11) is 6.99. The molecule has 1 aromatic heterocycles. The molecule has 2 N–H and O–H groups in total. The summed E-state index contributed by atoms with van der Waals surface area (Å²) in [6, 6.07) is 17.5. The van der Waals surface area contributed by atoms with Crippen molar-refractivity contribution in [3.8, 4) is 17.2 Å². The van der Waals surface area contributed by atoms with E-state index < -0.39 is 5.82 Å². The van der Waals surface area contributed by atoms with Crippen molar-refractivity contribution in [2.45, 2.75) is 30.8 Å². The van der Waals surface area contributed by atoms with Crippen molar-refractivity contribution in [3.63, 3.8) is 0 Å². The van der Waals surface area contributed by atoms with E-state index in [1.165, 1.54) is 17.7 Å². The van der Waals surface area contributed by atoms with E-state index in [9.17, 15) is 14.3 Å². The number of benzene rings is 3. The number of anilines is 1. The lowest BCUT2D eigenvalue weighted by Gasteiger charge is -2.50. The van der Waals surface area contributed by atoms with Crippen LogP contribution in [0.25, 0.3) is 10.9 Å². The molecule has 6 rings (SSSR count). The fourth-order valence-corrected chi connectivity index (χ4v) is 7.14. The number of aliphatic hydroxyl groups is 1. The largest absolute Gasteiger partial charge is 0.497 e. The zero-order valence-electron chi connectivity index (χ0n) is 25.6. The van der Waals surface area contributed by atoms with E-state index in [4.69, 9.17) is 14.2 Å². The molecule has 9 nitrogen and oxygen atoms in total. The molecule has 0 saturated carbocycles. The molecule has 44 heavy (non-hydrogen) atoms. The minimum absolute atomic E-state index is 0.0480. The zero-order valence-corrected chi connectivity index (χ0v) is 25.6. The number of halogens is 1. The molecular weight excluding hydrogens is 563 g/mol. The number of nitrogens with one attached hydrogen (secondary N) is 1. The third-order valence-corrected chi connectivity index (χ3v) is 9.30. The van der Waals surface area contributed by atoms with Gasteiger partial charge >= 0.3 is 6.03 Å². The van der Waals surface area contributed by atoms with Crippen molar-refractivity contribution in [3.05, 3.63) is 83.3 Å². The standard InChI is InChI=1S/C34H39FN4O5/c1-37-29-18-25(42-2)8-9-28(29)31-32(37)30(20-40)39(19-22-14-26(43-3)17-27(15-22)44-4)21-34(31)10-12-38(13-11-34)33(41)36-24-7-5-6-23(35)16-24/h5-9,14-18,30,40H,10-13,19-21H2,1-4H3,(H,36,41)/t30-/m1/s1. The first-order valence-electron chi connectivity index (χ1n) is 14.8. The number of nitrogens with zero attached hydrogens (tertiary/aromatic N) is 3. The van der Waals surface area contributed by atoms with Crippen molar-refractivity contribution < 1.29 is 28.5 Å². The molecule has 3 aromatic carbocycles. The number of rotatable bonds is 7. The third-order valence-electron chi connectivity index (χ3n) is 9.30. The highest BCUT2D eigenvalue weighted by atomic mass is 19.1. The Balaban J connectivity index is 1.38. The summed E-state index contributed by atoms with van der Waals surface area (Å²) in [6.07, 6.45) is 1.47. The number of carbonyl (C=O) groups excluding carboxylic acids is 1. The molecule has 2 aliphatic rings. The lowest BCUT2D eigenvalue weighted by atomic mass is 9.68.